The Morgan fingerprint density at radius 2 is 2.04 bits per heavy atom. The molecule has 0 unspecified atom stereocenters. The molecule has 1 saturated carbocycles. The Morgan fingerprint density at radius 1 is 1.24 bits per heavy atom. The van der Waals surface area contributed by atoms with Crippen LogP contribution in [0.2, 0.25) is 5.02 Å². The molecule has 0 amide bonds. The van der Waals surface area contributed by atoms with Gasteiger partial charge in [0.15, 0.2) is 0 Å². The Morgan fingerprint density at radius 3 is 2.76 bits per heavy atom. The molecule has 3 aromatic rings. The molecule has 0 atom stereocenters. The van der Waals surface area contributed by atoms with Gasteiger partial charge in [-0.2, -0.15) is 0 Å². The highest BCUT2D eigenvalue weighted by Crippen LogP contribution is 2.45. The Bertz CT molecular complexity index is 912. The van der Waals surface area contributed by atoms with E-state index in [1.165, 1.54) is 24.1 Å². The molecule has 0 spiro atoms. The molecule has 25 heavy (non-hydrogen) atoms. The van der Waals surface area contributed by atoms with E-state index in [1.54, 1.807) is 0 Å². The number of halogens is 1. The molecule has 1 aliphatic carbocycles. The molecule has 4 nitrogen and oxygen atoms in total. The van der Waals surface area contributed by atoms with E-state index in [0.29, 0.717) is 5.92 Å². The van der Waals surface area contributed by atoms with Crippen LogP contribution in [0.25, 0.3) is 11.3 Å². The number of aromatic nitrogens is 2. The normalized spacial score (nSPS) is 13.8. The maximum absolute atomic E-state index is 6.41. The van der Waals surface area contributed by atoms with Crippen molar-refractivity contribution in [1.82, 2.24) is 9.55 Å². The molecule has 1 aliphatic rings. The van der Waals surface area contributed by atoms with Crippen molar-refractivity contribution < 1.29 is 0 Å². The fraction of sp³-hybridized carbons (Fsp3) is 0.250. The van der Waals surface area contributed by atoms with E-state index in [2.05, 4.69) is 22.0 Å². The lowest BCUT2D eigenvalue weighted by atomic mass is 10.1. The summed E-state index contributed by atoms with van der Waals surface area (Å²) in [6.07, 6.45) is 4.36. The summed E-state index contributed by atoms with van der Waals surface area (Å²) in [4.78, 5) is 4.70. The van der Waals surface area contributed by atoms with Gasteiger partial charge in [-0.05, 0) is 36.6 Å². The van der Waals surface area contributed by atoms with Crippen molar-refractivity contribution in [3.8, 4) is 11.3 Å². The van der Waals surface area contributed by atoms with Gasteiger partial charge in [-0.15, -0.1) is 0 Å². The highest BCUT2D eigenvalue weighted by atomic mass is 35.5. The van der Waals surface area contributed by atoms with Gasteiger partial charge in [-0.3, -0.25) is 0 Å². The molecule has 4 rings (SSSR count). The second kappa shape index (κ2) is 6.45. The van der Waals surface area contributed by atoms with Gasteiger partial charge in [0.1, 0.15) is 0 Å². The third kappa shape index (κ3) is 3.10. The fourth-order valence-corrected chi connectivity index (χ4v) is 3.50. The van der Waals surface area contributed by atoms with Crippen LogP contribution in [-0.4, -0.2) is 16.6 Å². The molecule has 0 aliphatic heterocycles. The largest absolute Gasteiger partial charge is 0.397 e. The zero-order valence-electron chi connectivity index (χ0n) is 14.2. The summed E-state index contributed by atoms with van der Waals surface area (Å²) in [5.74, 6) is 0.575. The van der Waals surface area contributed by atoms with Crippen molar-refractivity contribution >= 4 is 23.0 Å². The third-order valence-corrected chi connectivity index (χ3v) is 5.04. The summed E-state index contributed by atoms with van der Waals surface area (Å²) >= 11 is 6.41. The van der Waals surface area contributed by atoms with Crippen molar-refractivity contribution in [2.75, 3.05) is 18.1 Å². The van der Waals surface area contributed by atoms with Crippen LogP contribution in [0.15, 0.2) is 48.8 Å². The van der Waals surface area contributed by atoms with Crippen molar-refractivity contribution in [1.29, 1.82) is 0 Å². The lowest BCUT2D eigenvalue weighted by molar-refractivity contribution is 0.743. The zero-order chi connectivity index (χ0) is 17.4. The average molecular weight is 353 g/mol. The molecule has 0 bridgehead atoms. The van der Waals surface area contributed by atoms with E-state index in [9.17, 15) is 0 Å². The SMILES string of the molecule is CNc1cc(Cn2cnc(-c3ccccc3Cl)c2C2CC2)ccc1N. The van der Waals surface area contributed by atoms with Gasteiger partial charge < -0.3 is 15.6 Å². The average Bonchev–Trinajstić information content (AvgIpc) is 3.38. The van der Waals surface area contributed by atoms with Crippen LogP contribution in [-0.2, 0) is 6.54 Å². The second-order valence-corrected chi connectivity index (χ2v) is 6.94. The Kier molecular flexibility index (Phi) is 4.14. The number of anilines is 2. The third-order valence-electron chi connectivity index (χ3n) is 4.71. The van der Waals surface area contributed by atoms with Crippen LogP contribution in [0, 0.1) is 0 Å². The number of hydrogen-bond acceptors (Lipinski definition) is 3. The van der Waals surface area contributed by atoms with Crippen molar-refractivity contribution in [3.63, 3.8) is 0 Å². The van der Waals surface area contributed by atoms with Gasteiger partial charge in [0.2, 0.25) is 0 Å². The van der Waals surface area contributed by atoms with Crippen molar-refractivity contribution in [2.24, 2.45) is 0 Å². The van der Waals surface area contributed by atoms with Crippen LogP contribution in [0.4, 0.5) is 11.4 Å². The summed E-state index contributed by atoms with van der Waals surface area (Å²) in [6, 6.07) is 14.0. The fourth-order valence-electron chi connectivity index (χ4n) is 3.28. The van der Waals surface area contributed by atoms with Crippen LogP contribution in [0.1, 0.15) is 30.0 Å². The number of imidazole rings is 1. The summed E-state index contributed by atoms with van der Waals surface area (Å²) in [6.45, 7) is 0.776. The van der Waals surface area contributed by atoms with Gasteiger partial charge in [0, 0.05) is 30.8 Å². The minimum Gasteiger partial charge on any atom is -0.397 e. The molecule has 0 saturated heterocycles. The van der Waals surface area contributed by atoms with Gasteiger partial charge >= 0.3 is 0 Å². The van der Waals surface area contributed by atoms with E-state index in [4.69, 9.17) is 22.3 Å². The predicted octanol–water partition coefficient (Wildman–Crippen LogP) is 4.75. The maximum Gasteiger partial charge on any atom is 0.0959 e. The molecule has 2 aromatic carbocycles. The first kappa shape index (κ1) is 16.0. The highest BCUT2D eigenvalue weighted by molar-refractivity contribution is 6.33. The van der Waals surface area contributed by atoms with Gasteiger partial charge in [-0.25, -0.2) is 4.98 Å². The van der Waals surface area contributed by atoms with Crippen molar-refractivity contribution in [2.45, 2.75) is 25.3 Å². The quantitative estimate of drug-likeness (QED) is 0.651. The van der Waals surface area contributed by atoms with E-state index >= 15 is 0 Å². The summed E-state index contributed by atoms with van der Waals surface area (Å²) in [5, 5.41) is 3.89. The summed E-state index contributed by atoms with van der Waals surface area (Å²) < 4.78 is 2.25. The summed E-state index contributed by atoms with van der Waals surface area (Å²) in [5.41, 5.74) is 12.2. The predicted molar refractivity (Wildman–Crippen MR) is 104 cm³/mol. The number of benzene rings is 2. The second-order valence-electron chi connectivity index (χ2n) is 6.53. The van der Waals surface area contributed by atoms with E-state index in [-0.39, 0.29) is 0 Å². The molecule has 1 heterocycles. The molecular formula is C20H21ClN4. The topological polar surface area (TPSA) is 55.9 Å². The number of nitrogens with zero attached hydrogens (tertiary/aromatic N) is 2. The van der Waals surface area contributed by atoms with E-state index in [0.717, 1.165) is 34.2 Å². The standard InChI is InChI=1S/C20H21ClN4/c1-23-18-10-13(6-9-17(18)22)11-25-12-24-19(20(25)14-7-8-14)15-4-2-3-5-16(15)21/h2-6,9-10,12,14,23H,7-8,11,22H2,1H3. The minimum absolute atomic E-state index is 0.575. The van der Waals surface area contributed by atoms with Crippen LogP contribution < -0.4 is 11.1 Å². The lowest BCUT2D eigenvalue weighted by Crippen LogP contribution is -2.05. The number of nitrogens with one attached hydrogen (secondary N) is 1. The van der Waals surface area contributed by atoms with E-state index < -0.39 is 0 Å². The first-order valence-corrected chi connectivity index (χ1v) is 8.91. The minimum atomic E-state index is 0.575. The van der Waals surface area contributed by atoms with Crippen molar-refractivity contribution in [3.05, 3.63) is 65.1 Å². The van der Waals surface area contributed by atoms with Gasteiger partial charge in [0.25, 0.3) is 0 Å². The molecule has 128 valence electrons. The smallest absolute Gasteiger partial charge is 0.0959 e. The van der Waals surface area contributed by atoms with E-state index in [1.807, 2.05) is 43.7 Å². The molecule has 5 heteroatoms. The lowest BCUT2D eigenvalue weighted by Gasteiger charge is -2.12. The number of nitrogens with two attached hydrogens (primary N) is 1. The Labute approximate surface area is 152 Å². The first-order chi connectivity index (χ1) is 12.2. The van der Waals surface area contributed by atoms with Gasteiger partial charge in [0.05, 0.1) is 28.4 Å². The Hall–Kier alpha value is -2.46. The molecule has 1 fully saturated rings. The molecule has 0 radical (unpaired) electrons. The highest BCUT2D eigenvalue weighted by Gasteiger charge is 2.31. The number of rotatable bonds is 5. The summed E-state index contributed by atoms with van der Waals surface area (Å²) in [7, 11) is 1.89. The molecule has 1 aromatic heterocycles. The number of nitrogen functional groups attached to an aromatic ring is 1. The van der Waals surface area contributed by atoms with Crippen LogP contribution >= 0.6 is 11.6 Å². The zero-order valence-corrected chi connectivity index (χ0v) is 14.9. The van der Waals surface area contributed by atoms with Crippen LogP contribution in [0.3, 0.4) is 0 Å². The maximum atomic E-state index is 6.41. The molecular weight excluding hydrogens is 332 g/mol. The molecule has 3 N–H and O–H groups in total. The monoisotopic (exact) mass is 352 g/mol. The van der Waals surface area contributed by atoms with Gasteiger partial charge in [-0.1, -0.05) is 35.9 Å². The van der Waals surface area contributed by atoms with Crippen LogP contribution in [0.5, 0.6) is 0 Å². The first-order valence-electron chi connectivity index (χ1n) is 8.53. The Balaban J connectivity index is 1.73. The number of hydrogen-bond donors (Lipinski definition) is 2.